The molecule has 4 N–H and O–H groups in total. The lowest BCUT2D eigenvalue weighted by Crippen LogP contribution is -2.15. The van der Waals surface area contributed by atoms with Crippen LogP contribution in [0.4, 0.5) is 5.69 Å². The number of nitrogens with one attached hydrogen (secondary N) is 2. The molecular formula is C12H9ClN2O4. The molecule has 0 radical (unpaired) electrons. The van der Waals surface area contributed by atoms with E-state index in [0.29, 0.717) is 5.02 Å². The van der Waals surface area contributed by atoms with Crippen LogP contribution in [-0.2, 0) is 0 Å². The third-order valence-electron chi connectivity index (χ3n) is 2.37. The minimum absolute atomic E-state index is 0.0843. The van der Waals surface area contributed by atoms with Crippen LogP contribution >= 0.6 is 11.6 Å². The van der Waals surface area contributed by atoms with E-state index in [0.717, 1.165) is 6.07 Å². The van der Waals surface area contributed by atoms with Crippen molar-refractivity contribution in [2.75, 3.05) is 5.32 Å². The molecule has 0 aliphatic carbocycles. The van der Waals surface area contributed by atoms with Gasteiger partial charge in [0, 0.05) is 6.20 Å². The van der Waals surface area contributed by atoms with Crippen molar-refractivity contribution in [2.24, 2.45) is 0 Å². The number of rotatable bonds is 3. The summed E-state index contributed by atoms with van der Waals surface area (Å²) in [6.07, 6.45) is 1.44. The number of phenolic OH excluding ortho intramolecular Hbond substituents is 1. The van der Waals surface area contributed by atoms with E-state index in [2.05, 4.69) is 10.3 Å². The number of aromatic amines is 1. The van der Waals surface area contributed by atoms with Crippen LogP contribution in [0.1, 0.15) is 20.8 Å². The van der Waals surface area contributed by atoms with Crippen LogP contribution in [0.2, 0.25) is 5.02 Å². The Labute approximate surface area is 112 Å². The highest BCUT2D eigenvalue weighted by Crippen LogP contribution is 2.22. The van der Waals surface area contributed by atoms with Crippen molar-refractivity contribution in [2.45, 2.75) is 0 Å². The van der Waals surface area contributed by atoms with E-state index in [-0.39, 0.29) is 22.7 Å². The summed E-state index contributed by atoms with van der Waals surface area (Å²) in [5.41, 5.74) is 0.0847. The Morgan fingerprint density at radius 2 is 2.00 bits per heavy atom. The standard InChI is InChI=1S/C12H9ClN2O4/c13-6-3-10(14-5-6)11(17)15-9-2-1-7(16)4-8(9)12(18)19/h1-5,14,16H,(H,15,17)(H,18,19). The lowest BCUT2D eigenvalue weighted by atomic mass is 10.1. The summed E-state index contributed by atoms with van der Waals surface area (Å²) in [5, 5.41) is 21.0. The summed E-state index contributed by atoms with van der Waals surface area (Å²) >= 11 is 5.67. The first-order chi connectivity index (χ1) is 8.97. The average Bonchev–Trinajstić information content (AvgIpc) is 2.78. The molecule has 0 bridgehead atoms. The Morgan fingerprint density at radius 3 is 2.58 bits per heavy atom. The molecule has 0 aliphatic rings. The van der Waals surface area contributed by atoms with Crippen LogP contribution in [-0.4, -0.2) is 27.1 Å². The molecule has 2 rings (SSSR count). The predicted octanol–water partition coefficient (Wildman–Crippen LogP) is 2.32. The molecular weight excluding hydrogens is 272 g/mol. The van der Waals surface area contributed by atoms with Gasteiger partial charge in [0.1, 0.15) is 11.4 Å². The van der Waals surface area contributed by atoms with Crippen LogP contribution in [0.5, 0.6) is 5.75 Å². The summed E-state index contributed by atoms with van der Waals surface area (Å²) in [5.74, 6) is -1.98. The number of carbonyl (C=O) groups excluding carboxylic acids is 1. The maximum atomic E-state index is 11.8. The zero-order chi connectivity index (χ0) is 14.0. The number of halogens is 1. The number of benzene rings is 1. The predicted molar refractivity (Wildman–Crippen MR) is 68.8 cm³/mol. The Balaban J connectivity index is 2.28. The van der Waals surface area contributed by atoms with Crippen LogP contribution in [0.25, 0.3) is 0 Å². The number of hydrogen-bond acceptors (Lipinski definition) is 3. The zero-order valence-electron chi connectivity index (χ0n) is 9.48. The molecule has 0 atom stereocenters. The molecule has 0 aliphatic heterocycles. The van der Waals surface area contributed by atoms with Gasteiger partial charge in [-0.25, -0.2) is 4.79 Å². The summed E-state index contributed by atoms with van der Waals surface area (Å²) in [6.45, 7) is 0. The fraction of sp³-hybridized carbons (Fsp3) is 0. The van der Waals surface area contributed by atoms with Crippen LogP contribution in [0.15, 0.2) is 30.5 Å². The zero-order valence-corrected chi connectivity index (χ0v) is 10.2. The number of amides is 1. The van der Waals surface area contributed by atoms with Gasteiger partial charge >= 0.3 is 5.97 Å². The van der Waals surface area contributed by atoms with Gasteiger partial charge in [0.15, 0.2) is 0 Å². The highest BCUT2D eigenvalue weighted by atomic mass is 35.5. The van der Waals surface area contributed by atoms with E-state index in [1.54, 1.807) is 0 Å². The normalized spacial score (nSPS) is 10.2. The lowest BCUT2D eigenvalue weighted by molar-refractivity contribution is 0.0697. The van der Waals surface area contributed by atoms with Gasteiger partial charge in [-0.05, 0) is 24.3 Å². The quantitative estimate of drug-likeness (QED) is 0.648. The van der Waals surface area contributed by atoms with E-state index in [9.17, 15) is 14.7 Å². The molecule has 0 spiro atoms. The number of anilines is 1. The lowest BCUT2D eigenvalue weighted by Gasteiger charge is -2.07. The second kappa shape index (κ2) is 5.03. The summed E-state index contributed by atoms with van der Waals surface area (Å²) in [4.78, 5) is 25.5. The van der Waals surface area contributed by atoms with Crippen molar-refractivity contribution in [1.82, 2.24) is 4.98 Å². The molecule has 1 heterocycles. The molecule has 1 amide bonds. The third-order valence-corrected chi connectivity index (χ3v) is 2.59. The molecule has 2 aromatic rings. The monoisotopic (exact) mass is 280 g/mol. The fourth-order valence-corrected chi connectivity index (χ4v) is 1.67. The number of carbonyl (C=O) groups is 2. The first-order valence-corrected chi connectivity index (χ1v) is 5.57. The Hall–Kier alpha value is -2.47. The van der Waals surface area contributed by atoms with E-state index in [1.165, 1.54) is 24.4 Å². The van der Waals surface area contributed by atoms with Crippen molar-refractivity contribution in [3.05, 3.63) is 46.7 Å². The van der Waals surface area contributed by atoms with Crippen molar-refractivity contribution >= 4 is 29.2 Å². The Kier molecular flexibility index (Phi) is 3.43. The van der Waals surface area contributed by atoms with Gasteiger partial charge < -0.3 is 20.5 Å². The molecule has 7 heteroatoms. The topological polar surface area (TPSA) is 102 Å². The van der Waals surface area contributed by atoms with Crippen molar-refractivity contribution in [1.29, 1.82) is 0 Å². The molecule has 0 unspecified atom stereocenters. The Morgan fingerprint density at radius 1 is 1.26 bits per heavy atom. The molecule has 0 saturated heterocycles. The second-order valence-electron chi connectivity index (χ2n) is 3.72. The van der Waals surface area contributed by atoms with Crippen LogP contribution in [0.3, 0.4) is 0 Å². The molecule has 6 nitrogen and oxygen atoms in total. The van der Waals surface area contributed by atoms with E-state index >= 15 is 0 Å². The number of H-pyrrole nitrogens is 1. The number of aromatic carboxylic acids is 1. The van der Waals surface area contributed by atoms with E-state index < -0.39 is 11.9 Å². The largest absolute Gasteiger partial charge is 0.508 e. The first-order valence-electron chi connectivity index (χ1n) is 5.19. The smallest absolute Gasteiger partial charge is 0.337 e. The molecule has 98 valence electrons. The highest BCUT2D eigenvalue weighted by Gasteiger charge is 2.15. The SMILES string of the molecule is O=C(Nc1ccc(O)cc1C(=O)O)c1cc(Cl)c[nH]1. The maximum Gasteiger partial charge on any atom is 0.337 e. The van der Waals surface area contributed by atoms with Crippen LogP contribution in [0, 0.1) is 0 Å². The van der Waals surface area contributed by atoms with Crippen molar-refractivity contribution in [3.63, 3.8) is 0 Å². The van der Waals surface area contributed by atoms with Gasteiger partial charge in [-0.1, -0.05) is 11.6 Å². The van der Waals surface area contributed by atoms with E-state index in [1.807, 2.05) is 0 Å². The average molecular weight is 281 g/mol. The van der Waals surface area contributed by atoms with E-state index in [4.69, 9.17) is 16.7 Å². The number of carboxylic acids is 1. The number of aromatic nitrogens is 1. The highest BCUT2D eigenvalue weighted by molar-refractivity contribution is 6.31. The second-order valence-corrected chi connectivity index (χ2v) is 4.16. The van der Waals surface area contributed by atoms with Crippen LogP contribution < -0.4 is 5.32 Å². The summed E-state index contributed by atoms with van der Waals surface area (Å²) in [6, 6.07) is 5.06. The number of phenols is 1. The number of aromatic hydroxyl groups is 1. The van der Waals surface area contributed by atoms with Gasteiger partial charge in [0.2, 0.25) is 0 Å². The Bertz CT molecular complexity index is 651. The minimum Gasteiger partial charge on any atom is -0.508 e. The van der Waals surface area contributed by atoms with Gasteiger partial charge in [0.25, 0.3) is 5.91 Å². The number of hydrogen-bond donors (Lipinski definition) is 4. The summed E-state index contributed by atoms with van der Waals surface area (Å²) in [7, 11) is 0. The first kappa shape index (κ1) is 13.0. The molecule has 1 aromatic carbocycles. The van der Waals surface area contributed by atoms with Gasteiger partial charge in [-0.2, -0.15) is 0 Å². The molecule has 1 aromatic heterocycles. The maximum absolute atomic E-state index is 11.8. The molecule has 0 fully saturated rings. The number of carboxylic acid groups (broad SMARTS) is 1. The van der Waals surface area contributed by atoms with Gasteiger partial charge in [0.05, 0.1) is 16.3 Å². The van der Waals surface area contributed by atoms with Crippen molar-refractivity contribution in [3.8, 4) is 5.75 Å². The van der Waals surface area contributed by atoms with Gasteiger partial charge in [-0.15, -0.1) is 0 Å². The third kappa shape index (κ3) is 2.86. The molecule has 0 saturated carbocycles. The summed E-state index contributed by atoms with van der Waals surface area (Å²) < 4.78 is 0. The minimum atomic E-state index is -1.25. The molecule has 19 heavy (non-hydrogen) atoms. The van der Waals surface area contributed by atoms with Gasteiger partial charge in [-0.3, -0.25) is 4.79 Å². The fourth-order valence-electron chi connectivity index (χ4n) is 1.51. The van der Waals surface area contributed by atoms with Crippen molar-refractivity contribution < 1.29 is 19.8 Å².